The van der Waals surface area contributed by atoms with Gasteiger partial charge in [-0.3, -0.25) is 9.79 Å². The minimum Gasteiger partial charge on any atom is -0.495 e. The number of nitrogens with two attached hydrogens (primary N) is 1. The minimum absolute atomic E-state index is 0.171. The lowest BCUT2D eigenvalue weighted by Crippen LogP contribution is -2.23. The molecule has 0 saturated carbocycles. The predicted octanol–water partition coefficient (Wildman–Crippen LogP) is 2.16. The first kappa shape index (κ1) is 16.8. The van der Waals surface area contributed by atoms with Gasteiger partial charge in [0.15, 0.2) is 5.96 Å². The summed E-state index contributed by atoms with van der Waals surface area (Å²) in [5.74, 6) is 0.900. The van der Waals surface area contributed by atoms with Crippen LogP contribution < -0.4 is 15.8 Å². The van der Waals surface area contributed by atoms with Crippen LogP contribution in [0.2, 0.25) is 0 Å². The summed E-state index contributed by atoms with van der Waals surface area (Å²) in [5.41, 5.74) is 6.61. The van der Waals surface area contributed by atoms with Gasteiger partial charge in [0.2, 0.25) is 0 Å². The SMILES string of the molecule is COC(=O)CCCCCN=C(N)Nc1ccccc1OC. The molecule has 0 radical (unpaired) electrons. The molecule has 0 unspecified atom stereocenters. The Bertz CT molecular complexity index is 475. The third-order valence-electron chi connectivity index (χ3n) is 2.92. The number of nitrogens with one attached hydrogen (secondary N) is 1. The molecule has 0 aliphatic heterocycles. The van der Waals surface area contributed by atoms with Crippen molar-refractivity contribution in [2.45, 2.75) is 25.7 Å². The summed E-state index contributed by atoms with van der Waals surface area (Å²) in [5, 5.41) is 3.01. The second-order valence-electron chi connectivity index (χ2n) is 4.48. The fourth-order valence-corrected chi connectivity index (χ4v) is 1.78. The number of methoxy groups -OCH3 is 2. The zero-order chi connectivity index (χ0) is 15.5. The number of rotatable bonds is 8. The van der Waals surface area contributed by atoms with Crippen LogP contribution in [0.5, 0.6) is 5.75 Å². The van der Waals surface area contributed by atoms with Crippen molar-refractivity contribution in [3.63, 3.8) is 0 Å². The Morgan fingerprint density at radius 3 is 2.71 bits per heavy atom. The standard InChI is InChI=1S/C15H23N3O3/c1-20-13-9-6-5-8-12(13)18-15(16)17-11-7-3-4-10-14(19)21-2/h5-6,8-9H,3-4,7,10-11H2,1-2H3,(H3,16,17,18). The van der Waals surface area contributed by atoms with Crippen molar-refractivity contribution in [1.29, 1.82) is 0 Å². The van der Waals surface area contributed by atoms with Crippen LogP contribution in [0.15, 0.2) is 29.3 Å². The molecule has 0 aliphatic rings. The van der Waals surface area contributed by atoms with Crippen LogP contribution in [0, 0.1) is 0 Å². The predicted molar refractivity (Wildman–Crippen MR) is 83.6 cm³/mol. The molecule has 0 aliphatic carbocycles. The number of hydrogen-bond acceptors (Lipinski definition) is 4. The second kappa shape index (κ2) is 9.63. The second-order valence-corrected chi connectivity index (χ2v) is 4.48. The number of unbranched alkanes of at least 4 members (excludes halogenated alkanes) is 2. The Kier molecular flexibility index (Phi) is 7.71. The first-order valence-corrected chi connectivity index (χ1v) is 6.94. The van der Waals surface area contributed by atoms with Crippen molar-refractivity contribution < 1.29 is 14.3 Å². The van der Waals surface area contributed by atoms with Crippen molar-refractivity contribution in [2.75, 3.05) is 26.1 Å². The van der Waals surface area contributed by atoms with E-state index in [1.54, 1.807) is 7.11 Å². The third-order valence-corrected chi connectivity index (χ3v) is 2.92. The number of para-hydroxylation sites is 2. The van der Waals surface area contributed by atoms with E-state index in [9.17, 15) is 4.79 Å². The Labute approximate surface area is 125 Å². The molecule has 0 fully saturated rings. The van der Waals surface area contributed by atoms with Crippen LogP contribution in [0.4, 0.5) is 5.69 Å². The van der Waals surface area contributed by atoms with E-state index in [4.69, 9.17) is 10.5 Å². The molecule has 6 nitrogen and oxygen atoms in total. The monoisotopic (exact) mass is 293 g/mol. The van der Waals surface area contributed by atoms with Gasteiger partial charge in [-0.05, 0) is 25.0 Å². The van der Waals surface area contributed by atoms with Gasteiger partial charge < -0.3 is 20.5 Å². The normalized spacial score (nSPS) is 11.0. The molecular weight excluding hydrogens is 270 g/mol. The molecular formula is C15H23N3O3. The molecule has 0 spiro atoms. The number of aliphatic imine (C=N–C) groups is 1. The number of carbonyl (C=O) groups is 1. The molecule has 116 valence electrons. The zero-order valence-corrected chi connectivity index (χ0v) is 12.6. The van der Waals surface area contributed by atoms with E-state index in [2.05, 4.69) is 15.0 Å². The van der Waals surface area contributed by atoms with Gasteiger partial charge >= 0.3 is 5.97 Å². The summed E-state index contributed by atoms with van der Waals surface area (Å²) in [7, 11) is 3.01. The van der Waals surface area contributed by atoms with Gasteiger partial charge in [-0.15, -0.1) is 0 Å². The highest BCUT2D eigenvalue weighted by Crippen LogP contribution is 2.22. The first-order valence-electron chi connectivity index (χ1n) is 6.94. The van der Waals surface area contributed by atoms with Crippen LogP contribution in [-0.4, -0.2) is 32.7 Å². The first-order chi connectivity index (χ1) is 10.2. The lowest BCUT2D eigenvalue weighted by molar-refractivity contribution is -0.140. The number of nitrogens with zero attached hydrogens (tertiary/aromatic N) is 1. The molecule has 1 aromatic carbocycles. The summed E-state index contributed by atoms with van der Waals surface area (Å²) in [6.45, 7) is 0.620. The molecule has 0 saturated heterocycles. The number of hydrogen-bond donors (Lipinski definition) is 2. The molecule has 0 aromatic heterocycles. The molecule has 0 heterocycles. The van der Waals surface area contributed by atoms with Gasteiger partial charge in [0.05, 0.1) is 19.9 Å². The Hall–Kier alpha value is -2.24. The summed E-state index contributed by atoms with van der Waals surface area (Å²) >= 11 is 0. The van der Waals surface area contributed by atoms with E-state index in [0.717, 1.165) is 24.9 Å². The van der Waals surface area contributed by atoms with Crippen molar-refractivity contribution in [3.05, 3.63) is 24.3 Å². The van der Waals surface area contributed by atoms with Crippen LogP contribution in [0.3, 0.4) is 0 Å². The van der Waals surface area contributed by atoms with Gasteiger partial charge in [-0.1, -0.05) is 18.6 Å². The summed E-state index contributed by atoms with van der Waals surface area (Å²) in [6.07, 6.45) is 3.06. The van der Waals surface area contributed by atoms with Crippen molar-refractivity contribution >= 4 is 17.6 Å². The van der Waals surface area contributed by atoms with Gasteiger partial charge in [-0.25, -0.2) is 0 Å². The quantitative estimate of drug-likeness (QED) is 0.332. The Morgan fingerprint density at radius 1 is 1.24 bits per heavy atom. The van der Waals surface area contributed by atoms with Gasteiger partial charge in [0.1, 0.15) is 5.75 Å². The molecule has 1 aromatic rings. The Morgan fingerprint density at radius 2 is 2.00 bits per heavy atom. The number of anilines is 1. The number of guanidine groups is 1. The third kappa shape index (κ3) is 6.65. The van der Waals surface area contributed by atoms with Gasteiger partial charge in [-0.2, -0.15) is 0 Å². The Balaban J connectivity index is 2.28. The van der Waals surface area contributed by atoms with E-state index in [0.29, 0.717) is 24.7 Å². The highest BCUT2D eigenvalue weighted by Gasteiger charge is 2.02. The van der Waals surface area contributed by atoms with Gasteiger partial charge in [0.25, 0.3) is 0 Å². The van der Waals surface area contributed by atoms with E-state index in [1.807, 2.05) is 24.3 Å². The molecule has 0 bridgehead atoms. The summed E-state index contributed by atoms with van der Waals surface area (Å²) in [6, 6.07) is 7.50. The highest BCUT2D eigenvalue weighted by molar-refractivity contribution is 5.93. The molecule has 3 N–H and O–H groups in total. The average Bonchev–Trinajstić information content (AvgIpc) is 2.50. The van der Waals surface area contributed by atoms with Crippen molar-refractivity contribution in [3.8, 4) is 5.75 Å². The molecule has 6 heteroatoms. The zero-order valence-electron chi connectivity index (χ0n) is 12.6. The van der Waals surface area contributed by atoms with E-state index in [1.165, 1.54) is 7.11 Å². The number of benzene rings is 1. The maximum absolute atomic E-state index is 10.9. The highest BCUT2D eigenvalue weighted by atomic mass is 16.5. The maximum Gasteiger partial charge on any atom is 0.305 e. The van der Waals surface area contributed by atoms with Gasteiger partial charge in [0, 0.05) is 13.0 Å². The van der Waals surface area contributed by atoms with Crippen molar-refractivity contribution in [2.24, 2.45) is 10.7 Å². The van der Waals surface area contributed by atoms with Crippen molar-refractivity contribution in [1.82, 2.24) is 0 Å². The summed E-state index contributed by atoms with van der Waals surface area (Å²) in [4.78, 5) is 15.2. The fourth-order valence-electron chi connectivity index (χ4n) is 1.78. The minimum atomic E-state index is -0.171. The number of carbonyl (C=O) groups excluding carboxylic acids is 1. The maximum atomic E-state index is 10.9. The number of ether oxygens (including phenoxy) is 2. The number of esters is 1. The topological polar surface area (TPSA) is 85.9 Å². The largest absolute Gasteiger partial charge is 0.495 e. The van der Waals surface area contributed by atoms with E-state index < -0.39 is 0 Å². The van der Waals surface area contributed by atoms with E-state index >= 15 is 0 Å². The van der Waals surface area contributed by atoms with E-state index in [-0.39, 0.29) is 5.97 Å². The molecule has 21 heavy (non-hydrogen) atoms. The molecule has 1 rings (SSSR count). The smallest absolute Gasteiger partial charge is 0.305 e. The molecule has 0 atom stereocenters. The van der Waals surface area contributed by atoms with Crippen LogP contribution in [-0.2, 0) is 9.53 Å². The van der Waals surface area contributed by atoms with Crippen LogP contribution in [0.25, 0.3) is 0 Å². The lowest BCUT2D eigenvalue weighted by Gasteiger charge is -2.10. The van der Waals surface area contributed by atoms with Crippen LogP contribution >= 0.6 is 0 Å². The average molecular weight is 293 g/mol. The lowest BCUT2D eigenvalue weighted by atomic mass is 10.2. The van der Waals surface area contributed by atoms with Crippen LogP contribution in [0.1, 0.15) is 25.7 Å². The fraction of sp³-hybridized carbons (Fsp3) is 0.467. The molecule has 0 amide bonds. The summed E-state index contributed by atoms with van der Waals surface area (Å²) < 4.78 is 9.79.